The minimum atomic E-state index is -3.46. The van der Waals surface area contributed by atoms with E-state index < -0.39 is 10.0 Å². The van der Waals surface area contributed by atoms with Crippen molar-refractivity contribution in [2.24, 2.45) is 0 Å². The average molecular weight is 381 g/mol. The van der Waals surface area contributed by atoms with Gasteiger partial charge in [0.15, 0.2) is 0 Å². The average Bonchev–Trinajstić information content (AvgIpc) is 3.02. The molecule has 0 aliphatic carbocycles. The molecule has 2 heterocycles. The highest BCUT2D eigenvalue weighted by Gasteiger charge is 2.25. The number of aromatic nitrogens is 3. The number of aryl methyl sites for hydroxylation is 1. The number of sulfonamides is 1. The van der Waals surface area contributed by atoms with Crippen LogP contribution in [0.15, 0.2) is 60.7 Å². The summed E-state index contributed by atoms with van der Waals surface area (Å²) in [6, 6.07) is 17.9. The summed E-state index contributed by atoms with van der Waals surface area (Å²) in [5.41, 5.74) is 4.13. The fourth-order valence-corrected chi connectivity index (χ4v) is 3.41. The van der Waals surface area contributed by atoms with Crippen LogP contribution in [0, 0.1) is 6.92 Å². The molecule has 1 atom stereocenters. The van der Waals surface area contributed by atoms with Gasteiger partial charge in [-0.15, -0.1) is 5.10 Å². The smallest absolute Gasteiger partial charge is 0.257 e. The normalized spacial score (nSPS) is 16.2. The fraction of sp³-hybridized carbons (Fsp3) is 0.158. The van der Waals surface area contributed by atoms with Gasteiger partial charge in [-0.25, -0.2) is 13.1 Å². The minimum absolute atomic E-state index is 0.0412. The van der Waals surface area contributed by atoms with Crippen molar-refractivity contribution < 1.29 is 8.42 Å². The van der Waals surface area contributed by atoms with Gasteiger partial charge in [-0.05, 0) is 24.1 Å². The van der Waals surface area contributed by atoms with E-state index in [0.29, 0.717) is 5.95 Å². The van der Waals surface area contributed by atoms with Gasteiger partial charge in [-0.1, -0.05) is 60.2 Å². The van der Waals surface area contributed by atoms with Gasteiger partial charge in [-0.2, -0.15) is 4.98 Å². The lowest BCUT2D eigenvalue weighted by atomic mass is 10.0. The lowest BCUT2D eigenvalue weighted by molar-refractivity contribution is 0.603. The second-order valence-electron chi connectivity index (χ2n) is 6.50. The van der Waals surface area contributed by atoms with E-state index >= 15 is 0 Å². The van der Waals surface area contributed by atoms with Gasteiger partial charge < -0.3 is 5.32 Å². The molecule has 138 valence electrons. The summed E-state index contributed by atoms with van der Waals surface area (Å²) in [7, 11) is -3.46. The molecule has 2 aromatic carbocycles. The quantitative estimate of drug-likeness (QED) is 0.725. The molecular formula is C19H19N5O2S. The van der Waals surface area contributed by atoms with Crippen molar-refractivity contribution in [1.29, 1.82) is 0 Å². The Labute approximate surface area is 157 Å². The molecule has 7 nitrogen and oxygen atoms in total. The molecule has 1 aliphatic rings. The highest BCUT2D eigenvalue weighted by molar-refractivity contribution is 7.91. The third kappa shape index (κ3) is 3.70. The van der Waals surface area contributed by atoms with Crippen LogP contribution in [-0.2, 0) is 10.0 Å². The third-order valence-corrected chi connectivity index (χ3v) is 4.80. The molecule has 27 heavy (non-hydrogen) atoms. The molecule has 0 amide bonds. The summed E-state index contributed by atoms with van der Waals surface area (Å²) in [5, 5.41) is 7.60. The van der Waals surface area contributed by atoms with Gasteiger partial charge in [-0.3, -0.25) is 4.72 Å². The van der Waals surface area contributed by atoms with E-state index in [4.69, 9.17) is 0 Å². The van der Waals surface area contributed by atoms with E-state index in [0.717, 1.165) is 23.1 Å². The van der Waals surface area contributed by atoms with Gasteiger partial charge in [0.25, 0.3) is 5.95 Å². The summed E-state index contributed by atoms with van der Waals surface area (Å²) in [4.78, 5) is 4.31. The van der Waals surface area contributed by atoms with E-state index in [9.17, 15) is 8.42 Å². The topological polar surface area (TPSA) is 88.9 Å². The largest absolute Gasteiger partial charge is 0.324 e. The first kappa shape index (κ1) is 17.3. The number of rotatable bonds is 4. The molecule has 4 rings (SSSR count). The highest BCUT2D eigenvalue weighted by Crippen LogP contribution is 2.33. The second kappa shape index (κ2) is 6.55. The zero-order chi connectivity index (χ0) is 19.0. The van der Waals surface area contributed by atoms with E-state index in [-0.39, 0.29) is 12.0 Å². The molecule has 0 radical (unpaired) electrons. The Balaban J connectivity index is 1.80. The van der Waals surface area contributed by atoms with Crippen LogP contribution < -0.4 is 10.0 Å². The molecule has 2 N–H and O–H groups in total. The Morgan fingerprint density at radius 3 is 2.44 bits per heavy atom. The van der Waals surface area contributed by atoms with Crippen LogP contribution in [0.2, 0.25) is 0 Å². The van der Waals surface area contributed by atoms with Crippen LogP contribution in [-0.4, -0.2) is 29.4 Å². The summed E-state index contributed by atoms with van der Waals surface area (Å²) in [6.07, 6.45) is 3.14. The van der Waals surface area contributed by atoms with Gasteiger partial charge in [0.1, 0.15) is 6.04 Å². The van der Waals surface area contributed by atoms with Crippen LogP contribution in [0.25, 0.3) is 5.70 Å². The van der Waals surface area contributed by atoms with Crippen molar-refractivity contribution in [2.45, 2.75) is 13.0 Å². The molecule has 0 unspecified atom stereocenters. The zero-order valence-corrected chi connectivity index (χ0v) is 15.7. The Morgan fingerprint density at radius 2 is 1.78 bits per heavy atom. The number of fused-ring (bicyclic) bond motifs is 1. The third-order valence-electron chi connectivity index (χ3n) is 4.25. The van der Waals surface area contributed by atoms with Crippen molar-refractivity contribution in [2.75, 3.05) is 16.3 Å². The number of hydrogen-bond donors (Lipinski definition) is 2. The Kier molecular flexibility index (Phi) is 4.19. The predicted octanol–water partition coefficient (Wildman–Crippen LogP) is 3.01. The number of hydrogen-bond acceptors (Lipinski definition) is 5. The molecular weight excluding hydrogens is 362 g/mol. The first-order valence-electron chi connectivity index (χ1n) is 8.44. The molecule has 0 saturated heterocycles. The minimum Gasteiger partial charge on any atom is -0.324 e. The number of nitrogens with zero attached hydrogens (tertiary/aromatic N) is 3. The SMILES string of the molecule is Cc1ccc(C2=C[C@H](c3ccccc3)n3nc(NS(C)(=O)=O)nc3N2)cc1. The maximum Gasteiger partial charge on any atom is 0.257 e. The van der Waals surface area contributed by atoms with Crippen LogP contribution >= 0.6 is 0 Å². The molecule has 3 aromatic rings. The van der Waals surface area contributed by atoms with E-state index in [1.807, 2.05) is 61.5 Å². The monoisotopic (exact) mass is 381 g/mol. The standard InChI is InChI=1S/C19H19N5O2S/c1-13-8-10-14(11-9-13)16-12-17(15-6-4-3-5-7-15)24-19(20-16)21-18(22-24)23-27(2,25)26/h3-12,17H,1-2H3,(H2,20,21,22,23)/t17-/m1/s1. The van der Waals surface area contributed by atoms with Crippen molar-refractivity contribution in [3.8, 4) is 0 Å². The molecule has 1 aliphatic heterocycles. The van der Waals surface area contributed by atoms with Crippen LogP contribution in [0.1, 0.15) is 22.7 Å². The highest BCUT2D eigenvalue weighted by atomic mass is 32.2. The first-order valence-corrected chi connectivity index (χ1v) is 10.3. The van der Waals surface area contributed by atoms with Crippen LogP contribution in [0.5, 0.6) is 0 Å². The molecule has 1 aromatic heterocycles. The van der Waals surface area contributed by atoms with Gasteiger partial charge in [0.05, 0.1) is 6.26 Å². The summed E-state index contributed by atoms with van der Waals surface area (Å²) in [6.45, 7) is 2.04. The van der Waals surface area contributed by atoms with Crippen molar-refractivity contribution in [3.63, 3.8) is 0 Å². The van der Waals surface area contributed by atoms with Crippen molar-refractivity contribution in [3.05, 3.63) is 77.4 Å². The number of anilines is 2. The molecule has 8 heteroatoms. The zero-order valence-electron chi connectivity index (χ0n) is 14.9. The maximum absolute atomic E-state index is 11.5. The van der Waals surface area contributed by atoms with E-state index in [1.165, 1.54) is 5.56 Å². The van der Waals surface area contributed by atoms with Gasteiger partial charge in [0.2, 0.25) is 16.0 Å². The molecule has 0 saturated carbocycles. The van der Waals surface area contributed by atoms with E-state index in [2.05, 4.69) is 26.2 Å². The van der Waals surface area contributed by atoms with Gasteiger partial charge >= 0.3 is 0 Å². The van der Waals surface area contributed by atoms with Crippen molar-refractivity contribution >= 4 is 27.6 Å². The number of allylic oxidation sites excluding steroid dienone is 1. The van der Waals surface area contributed by atoms with Crippen molar-refractivity contribution in [1.82, 2.24) is 14.8 Å². The van der Waals surface area contributed by atoms with Crippen LogP contribution in [0.3, 0.4) is 0 Å². The first-order chi connectivity index (χ1) is 12.9. The summed E-state index contributed by atoms with van der Waals surface area (Å²) >= 11 is 0. The summed E-state index contributed by atoms with van der Waals surface area (Å²) < 4.78 is 27.1. The number of benzene rings is 2. The molecule has 0 spiro atoms. The molecule has 0 fully saturated rings. The molecule has 0 bridgehead atoms. The Morgan fingerprint density at radius 1 is 1.07 bits per heavy atom. The Bertz CT molecular complexity index is 1100. The Hall–Kier alpha value is -3.13. The summed E-state index contributed by atoms with van der Waals surface area (Å²) in [5.74, 6) is 0.521. The second-order valence-corrected chi connectivity index (χ2v) is 8.25. The van der Waals surface area contributed by atoms with E-state index in [1.54, 1.807) is 4.68 Å². The van der Waals surface area contributed by atoms with Crippen LogP contribution in [0.4, 0.5) is 11.9 Å². The fourth-order valence-electron chi connectivity index (χ4n) is 2.99. The van der Waals surface area contributed by atoms with Gasteiger partial charge in [0, 0.05) is 5.70 Å². The predicted molar refractivity (Wildman–Crippen MR) is 106 cm³/mol. The lowest BCUT2D eigenvalue weighted by Crippen LogP contribution is -2.20. The number of nitrogens with one attached hydrogen (secondary N) is 2. The lowest BCUT2D eigenvalue weighted by Gasteiger charge is -2.24. The maximum atomic E-state index is 11.5.